The van der Waals surface area contributed by atoms with E-state index in [9.17, 15) is 18.4 Å². The Hall–Kier alpha value is -3.35. The number of fused-ring (bicyclic) bond motifs is 1. The Morgan fingerprint density at radius 1 is 1.07 bits per heavy atom. The molecule has 0 spiro atoms. The summed E-state index contributed by atoms with van der Waals surface area (Å²) in [5.41, 5.74) is 0.121. The van der Waals surface area contributed by atoms with Gasteiger partial charge in [0.2, 0.25) is 0 Å². The number of hydrogen-bond acceptors (Lipinski definition) is 3. The van der Waals surface area contributed by atoms with Crippen molar-refractivity contribution in [3.63, 3.8) is 0 Å². The van der Waals surface area contributed by atoms with Crippen LogP contribution in [0.15, 0.2) is 54.7 Å². The number of carbonyl (C=O) groups is 2. The van der Waals surface area contributed by atoms with Gasteiger partial charge in [0.1, 0.15) is 5.54 Å². The number of imide groups is 1. The van der Waals surface area contributed by atoms with Gasteiger partial charge in [-0.15, -0.1) is 0 Å². The molecule has 1 fully saturated rings. The lowest BCUT2D eigenvalue weighted by Crippen LogP contribution is -2.41. The Morgan fingerprint density at radius 2 is 1.85 bits per heavy atom. The van der Waals surface area contributed by atoms with Crippen LogP contribution < -0.4 is 5.32 Å². The minimum absolute atomic E-state index is 0.0261. The van der Waals surface area contributed by atoms with E-state index in [2.05, 4.69) is 10.3 Å². The molecule has 7 heteroatoms. The molecule has 4 rings (SSSR count). The quantitative estimate of drug-likeness (QED) is 0.721. The van der Waals surface area contributed by atoms with Crippen molar-refractivity contribution in [1.82, 2.24) is 15.2 Å². The van der Waals surface area contributed by atoms with Crippen molar-refractivity contribution >= 4 is 22.8 Å². The minimum Gasteiger partial charge on any atom is -0.319 e. The van der Waals surface area contributed by atoms with Gasteiger partial charge in [0.25, 0.3) is 5.91 Å². The molecule has 0 aliphatic carbocycles. The number of benzene rings is 2. The summed E-state index contributed by atoms with van der Waals surface area (Å²) in [6.07, 6.45) is 1.64. The molecule has 1 N–H and O–H groups in total. The van der Waals surface area contributed by atoms with Crippen molar-refractivity contribution in [3.05, 3.63) is 77.5 Å². The molecule has 1 unspecified atom stereocenters. The standard InChI is InChI=1S/C20H15F2N3O2/c1-20(14-7-8-15(21)16(22)10-14)18(26)25(19(27)24-20)11-13-5-2-4-12-6-3-9-23-17(12)13/h2-10H,11H2,1H3,(H,24,27). The highest BCUT2D eigenvalue weighted by Gasteiger charge is 2.49. The van der Waals surface area contributed by atoms with Gasteiger partial charge < -0.3 is 5.32 Å². The van der Waals surface area contributed by atoms with Gasteiger partial charge >= 0.3 is 6.03 Å². The van der Waals surface area contributed by atoms with Gasteiger partial charge in [0.15, 0.2) is 11.6 Å². The zero-order valence-corrected chi connectivity index (χ0v) is 14.4. The van der Waals surface area contributed by atoms with Crippen LogP contribution in [0.3, 0.4) is 0 Å². The van der Waals surface area contributed by atoms with Crippen molar-refractivity contribution in [1.29, 1.82) is 0 Å². The van der Waals surface area contributed by atoms with Crippen molar-refractivity contribution in [2.75, 3.05) is 0 Å². The number of pyridine rings is 1. The number of hydrogen-bond donors (Lipinski definition) is 1. The van der Waals surface area contributed by atoms with E-state index < -0.39 is 29.1 Å². The van der Waals surface area contributed by atoms with Crippen LogP contribution in [0.5, 0.6) is 0 Å². The van der Waals surface area contributed by atoms with Gasteiger partial charge in [-0.1, -0.05) is 30.3 Å². The molecule has 5 nitrogen and oxygen atoms in total. The summed E-state index contributed by atoms with van der Waals surface area (Å²) in [5, 5.41) is 3.48. The summed E-state index contributed by atoms with van der Waals surface area (Å²) >= 11 is 0. The molecular formula is C20H15F2N3O2. The van der Waals surface area contributed by atoms with Gasteiger partial charge in [-0.3, -0.25) is 14.7 Å². The minimum atomic E-state index is -1.47. The summed E-state index contributed by atoms with van der Waals surface area (Å²) < 4.78 is 26.9. The highest BCUT2D eigenvalue weighted by Crippen LogP contribution is 2.31. The maximum atomic E-state index is 13.6. The first kappa shape index (κ1) is 17.1. The van der Waals surface area contributed by atoms with Crippen LogP contribution in [-0.2, 0) is 16.9 Å². The lowest BCUT2D eigenvalue weighted by atomic mass is 9.92. The van der Waals surface area contributed by atoms with Crippen LogP contribution >= 0.6 is 0 Å². The van der Waals surface area contributed by atoms with Gasteiger partial charge in [-0.25, -0.2) is 13.6 Å². The Labute approximate surface area is 153 Å². The van der Waals surface area contributed by atoms with Crippen LogP contribution in [0, 0.1) is 11.6 Å². The highest BCUT2D eigenvalue weighted by molar-refractivity contribution is 6.07. The SMILES string of the molecule is CC1(c2ccc(F)c(F)c2)NC(=O)N(Cc2cccc3cccnc23)C1=O. The number of aromatic nitrogens is 1. The van der Waals surface area contributed by atoms with Gasteiger partial charge in [-0.05, 0) is 36.2 Å². The topological polar surface area (TPSA) is 62.3 Å². The number of urea groups is 1. The first-order valence-corrected chi connectivity index (χ1v) is 8.32. The molecule has 2 heterocycles. The molecular weight excluding hydrogens is 352 g/mol. The Balaban J connectivity index is 1.69. The van der Waals surface area contributed by atoms with E-state index in [4.69, 9.17) is 0 Å². The van der Waals surface area contributed by atoms with E-state index in [1.165, 1.54) is 13.0 Å². The molecule has 136 valence electrons. The number of para-hydroxylation sites is 1. The zero-order chi connectivity index (χ0) is 19.2. The monoisotopic (exact) mass is 367 g/mol. The number of nitrogens with one attached hydrogen (secondary N) is 1. The molecule has 3 aromatic rings. The first-order valence-electron chi connectivity index (χ1n) is 8.32. The second-order valence-electron chi connectivity index (χ2n) is 6.57. The van der Waals surface area contributed by atoms with Crippen LogP contribution in [0.25, 0.3) is 10.9 Å². The molecule has 1 aliphatic heterocycles. The number of amides is 3. The number of nitrogens with zero attached hydrogens (tertiary/aromatic N) is 2. The largest absolute Gasteiger partial charge is 0.325 e. The van der Waals surface area contributed by atoms with E-state index in [0.717, 1.165) is 22.4 Å². The molecule has 0 bridgehead atoms. The highest BCUT2D eigenvalue weighted by atomic mass is 19.2. The van der Waals surface area contributed by atoms with Crippen molar-refractivity contribution in [2.45, 2.75) is 19.0 Å². The Morgan fingerprint density at radius 3 is 2.63 bits per heavy atom. The van der Waals surface area contributed by atoms with Crippen LogP contribution in [0.2, 0.25) is 0 Å². The van der Waals surface area contributed by atoms with Crippen molar-refractivity contribution < 1.29 is 18.4 Å². The molecule has 2 aromatic carbocycles. The van der Waals surface area contributed by atoms with E-state index in [0.29, 0.717) is 11.1 Å². The van der Waals surface area contributed by atoms with E-state index in [1.807, 2.05) is 18.2 Å². The normalized spacial score (nSPS) is 19.6. The first-order chi connectivity index (χ1) is 12.9. The Bertz CT molecular complexity index is 1080. The molecule has 1 saturated heterocycles. The summed E-state index contributed by atoms with van der Waals surface area (Å²) in [6, 6.07) is 11.8. The molecule has 1 atom stereocenters. The third kappa shape index (κ3) is 2.71. The second kappa shape index (κ2) is 6.12. The number of carbonyl (C=O) groups excluding carboxylic acids is 2. The summed E-state index contributed by atoms with van der Waals surface area (Å²) in [7, 11) is 0. The van der Waals surface area contributed by atoms with Crippen molar-refractivity contribution in [2.24, 2.45) is 0 Å². The summed E-state index contributed by atoms with van der Waals surface area (Å²) in [4.78, 5) is 30.8. The van der Waals surface area contributed by atoms with E-state index >= 15 is 0 Å². The maximum absolute atomic E-state index is 13.6. The smallest absolute Gasteiger partial charge is 0.319 e. The predicted molar refractivity (Wildman–Crippen MR) is 94.5 cm³/mol. The molecule has 0 saturated carbocycles. The van der Waals surface area contributed by atoms with Gasteiger partial charge in [0, 0.05) is 11.6 Å². The third-order valence-corrected chi connectivity index (χ3v) is 4.82. The average Bonchev–Trinajstić information content (AvgIpc) is 2.88. The van der Waals surface area contributed by atoms with Crippen LogP contribution in [-0.4, -0.2) is 21.8 Å². The summed E-state index contributed by atoms with van der Waals surface area (Å²) in [6.45, 7) is 1.50. The van der Waals surface area contributed by atoms with Gasteiger partial charge in [0.05, 0.1) is 12.1 Å². The maximum Gasteiger partial charge on any atom is 0.325 e. The van der Waals surface area contributed by atoms with Crippen LogP contribution in [0.1, 0.15) is 18.1 Å². The third-order valence-electron chi connectivity index (χ3n) is 4.82. The van der Waals surface area contributed by atoms with Crippen molar-refractivity contribution in [3.8, 4) is 0 Å². The fourth-order valence-corrected chi connectivity index (χ4v) is 3.31. The van der Waals surface area contributed by atoms with Crippen LogP contribution in [0.4, 0.5) is 13.6 Å². The van der Waals surface area contributed by atoms with E-state index in [1.54, 1.807) is 18.3 Å². The fraction of sp³-hybridized carbons (Fsp3) is 0.150. The fourth-order valence-electron chi connectivity index (χ4n) is 3.31. The molecule has 0 radical (unpaired) electrons. The second-order valence-corrected chi connectivity index (χ2v) is 6.57. The molecule has 1 aliphatic rings. The number of rotatable bonds is 3. The molecule has 3 amide bonds. The lowest BCUT2D eigenvalue weighted by molar-refractivity contribution is -0.131. The molecule has 27 heavy (non-hydrogen) atoms. The van der Waals surface area contributed by atoms with Gasteiger partial charge in [-0.2, -0.15) is 0 Å². The molecule has 1 aromatic heterocycles. The lowest BCUT2D eigenvalue weighted by Gasteiger charge is -2.22. The summed E-state index contributed by atoms with van der Waals surface area (Å²) in [5.74, 6) is -2.63. The zero-order valence-electron chi connectivity index (χ0n) is 14.4. The number of halogens is 2. The average molecular weight is 367 g/mol. The Kier molecular flexibility index (Phi) is 3.87. The predicted octanol–water partition coefficient (Wildman–Crippen LogP) is 3.48. The van der Waals surface area contributed by atoms with E-state index in [-0.39, 0.29) is 12.1 Å².